The van der Waals surface area contributed by atoms with Gasteiger partial charge in [0.2, 0.25) is 0 Å². The van der Waals surface area contributed by atoms with Crippen LogP contribution in [-0.2, 0) is 6.42 Å². The standard InChI is InChI=1S/C20H28.Na.H/c1-3-4-5-6-7-8-9-13-19-17(2)15-16-18-12-10-11-14-20(18)19;;/h10-12,14-16H,3-9,13H2,1-2H3;;. The Balaban J connectivity index is 0.00000220. The monoisotopic (exact) mass is 292 g/mol. The van der Waals surface area contributed by atoms with Crippen molar-refractivity contribution in [2.24, 2.45) is 0 Å². The molecule has 0 saturated carbocycles. The zero-order chi connectivity index (χ0) is 14.2. The van der Waals surface area contributed by atoms with E-state index < -0.39 is 0 Å². The Morgan fingerprint density at radius 3 is 2.19 bits per heavy atom. The molecule has 2 rings (SSSR count). The van der Waals surface area contributed by atoms with Crippen molar-refractivity contribution in [3.8, 4) is 0 Å². The molecule has 0 nitrogen and oxygen atoms in total. The average Bonchev–Trinajstić information content (AvgIpc) is 2.48. The average molecular weight is 292 g/mol. The van der Waals surface area contributed by atoms with Crippen LogP contribution in [0, 0.1) is 6.92 Å². The number of unbranched alkanes of at least 4 members (excludes halogenated alkanes) is 6. The van der Waals surface area contributed by atoms with E-state index in [1.165, 1.54) is 67.7 Å². The Hall–Kier alpha value is -0.300. The van der Waals surface area contributed by atoms with Crippen molar-refractivity contribution >= 4 is 40.3 Å². The van der Waals surface area contributed by atoms with Crippen molar-refractivity contribution in [3.05, 3.63) is 47.5 Å². The molecule has 0 radical (unpaired) electrons. The fourth-order valence-electron chi connectivity index (χ4n) is 3.04. The molecule has 0 N–H and O–H groups in total. The normalized spacial score (nSPS) is 10.6. The summed E-state index contributed by atoms with van der Waals surface area (Å²) < 4.78 is 0. The van der Waals surface area contributed by atoms with Crippen molar-refractivity contribution in [3.63, 3.8) is 0 Å². The van der Waals surface area contributed by atoms with Crippen LogP contribution in [-0.4, -0.2) is 29.6 Å². The van der Waals surface area contributed by atoms with Gasteiger partial charge in [-0.3, -0.25) is 0 Å². The molecule has 0 bridgehead atoms. The molecule has 0 heterocycles. The van der Waals surface area contributed by atoms with Crippen LogP contribution in [0.3, 0.4) is 0 Å². The molecule has 0 aliphatic carbocycles. The fourth-order valence-corrected chi connectivity index (χ4v) is 3.04. The molecule has 21 heavy (non-hydrogen) atoms. The first kappa shape index (κ1) is 18.7. The van der Waals surface area contributed by atoms with Crippen molar-refractivity contribution in [2.45, 2.75) is 65.2 Å². The number of fused-ring (bicyclic) bond motifs is 1. The summed E-state index contributed by atoms with van der Waals surface area (Å²) in [5.41, 5.74) is 3.02. The molecule has 110 valence electrons. The number of hydrogen-bond donors (Lipinski definition) is 0. The van der Waals surface area contributed by atoms with E-state index in [4.69, 9.17) is 0 Å². The summed E-state index contributed by atoms with van der Waals surface area (Å²) >= 11 is 0. The van der Waals surface area contributed by atoms with Crippen LogP contribution in [0.15, 0.2) is 36.4 Å². The Morgan fingerprint density at radius 1 is 0.762 bits per heavy atom. The van der Waals surface area contributed by atoms with Crippen LogP contribution < -0.4 is 0 Å². The van der Waals surface area contributed by atoms with Crippen molar-refractivity contribution in [2.75, 3.05) is 0 Å². The second-order valence-electron chi connectivity index (χ2n) is 5.95. The second kappa shape index (κ2) is 10.4. The summed E-state index contributed by atoms with van der Waals surface area (Å²) in [6, 6.07) is 13.3. The third-order valence-corrected chi connectivity index (χ3v) is 4.31. The van der Waals surface area contributed by atoms with E-state index in [2.05, 4.69) is 50.2 Å². The molecule has 2 aromatic carbocycles. The summed E-state index contributed by atoms with van der Waals surface area (Å²) in [4.78, 5) is 0. The molecule has 0 saturated heterocycles. The third-order valence-electron chi connectivity index (χ3n) is 4.31. The van der Waals surface area contributed by atoms with Gasteiger partial charge >= 0.3 is 29.6 Å². The predicted octanol–water partition coefficient (Wildman–Crippen LogP) is 5.79. The van der Waals surface area contributed by atoms with Gasteiger partial charge in [0, 0.05) is 0 Å². The van der Waals surface area contributed by atoms with Crippen molar-refractivity contribution in [1.29, 1.82) is 0 Å². The van der Waals surface area contributed by atoms with Crippen LogP contribution >= 0.6 is 0 Å². The number of aryl methyl sites for hydroxylation is 2. The summed E-state index contributed by atoms with van der Waals surface area (Å²) in [7, 11) is 0. The van der Waals surface area contributed by atoms with Gasteiger partial charge in [-0.05, 0) is 41.7 Å². The van der Waals surface area contributed by atoms with E-state index in [1.54, 1.807) is 5.56 Å². The zero-order valence-electron chi connectivity index (χ0n) is 13.1. The van der Waals surface area contributed by atoms with E-state index in [1.807, 2.05) is 0 Å². The Morgan fingerprint density at radius 2 is 1.43 bits per heavy atom. The topological polar surface area (TPSA) is 0 Å². The van der Waals surface area contributed by atoms with Gasteiger partial charge in [-0.15, -0.1) is 0 Å². The maximum absolute atomic E-state index is 2.28. The van der Waals surface area contributed by atoms with Crippen molar-refractivity contribution < 1.29 is 0 Å². The van der Waals surface area contributed by atoms with E-state index in [0.717, 1.165) is 0 Å². The van der Waals surface area contributed by atoms with E-state index in [9.17, 15) is 0 Å². The first-order valence-corrected chi connectivity index (χ1v) is 8.30. The van der Waals surface area contributed by atoms with E-state index >= 15 is 0 Å². The number of hydrogen-bond acceptors (Lipinski definition) is 0. The molecule has 0 fully saturated rings. The predicted molar refractivity (Wildman–Crippen MR) is 97.5 cm³/mol. The zero-order valence-corrected chi connectivity index (χ0v) is 13.1. The third kappa shape index (κ3) is 5.77. The number of rotatable bonds is 8. The quantitative estimate of drug-likeness (QED) is 0.426. The first-order valence-electron chi connectivity index (χ1n) is 8.30. The molecule has 1 heteroatoms. The summed E-state index contributed by atoms with van der Waals surface area (Å²) in [6.45, 7) is 4.53. The van der Waals surface area contributed by atoms with Gasteiger partial charge in [0.25, 0.3) is 0 Å². The van der Waals surface area contributed by atoms with E-state index in [-0.39, 0.29) is 29.6 Å². The fraction of sp³-hybridized carbons (Fsp3) is 0.500. The molecule has 0 aliphatic heterocycles. The Bertz CT molecular complexity index is 530. The second-order valence-corrected chi connectivity index (χ2v) is 5.95. The Kier molecular flexibility index (Phi) is 9.31. The minimum absolute atomic E-state index is 0. The number of benzene rings is 2. The van der Waals surface area contributed by atoms with Crippen LogP contribution in [0.4, 0.5) is 0 Å². The molecule has 0 aliphatic rings. The summed E-state index contributed by atoms with van der Waals surface area (Å²) in [6.07, 6.45) is 10.9. The Labute approximate surface area is 152 Å². The van der Waals surface area contributed by atoms with Crippen LogP contribution in [0.1, 0.15) is 63.0 Å². The van der Waals surface area contributed by atoms with Gasteiger partial charge in [0.15, 0.2) is 0 Å². The molecular weight excluding hydrogens is 263 g/mol. The van der Waals surface area contributed by atoms with Crippen LogP contribution in [0.5, 0.6) is 0 Å². The van der Waals surface area contributed by atoms with Gasteiger partial charge in [0.05, 0.1) is 0 Å². The van der Waals surface area contributed by atoms with E-state index in [0.29, 0.717) is 0 Å². The molecule has 0 amide bonds. The molecule has 0 aromatic heterocycles. The SMILES string of the molecule is CCCCCCCCCc1c(C)ccc2ccccc12.[NaH]. The van der Waals surface area contributed by atoms with Gasteiger partial charge in [-0.2, -0.15) is 0 Å². The van der Waals surface area contributed by atoms with Gasteiger partial charge < -0.3 is 0 Å². The summed E-state index contributed by atoms with van der Waals surface area (Å²) in [5, 5.41) is 2.84. The van der Waals surface area contributed by atoms with Gasteiger partial charge in [0.1, 0.15) is 0 Å². The molecule has 0 unspecified atom stereocenters. The van der Waals surface area contributed by atoms with Crippen LogP contribution in [0.2, 0.25) is 0 Å². The van der Waals surface area contributed by atoms with Crippen LogP contribution in [0.25, 0.3) is 10.8 Å². The van der Waals surface area contributed by atoms with Gasteiger partial charge in [-0.1, -0.05) is 81.8 Å². The molecule has 2 aromatic rings. The molecule has 0 atom stereocenters. The maximum atomic E-state index is 2.28. The molecular formula is C20H29Na. The van der Waals surface area contributed by atoms with Crippen molar-refractivity contribution in [1.82, 2.24) is 0 Å². The minimum atomic E-state index is 0. The summed E-state index contributed by atoms with van der Waals surface area (Å²) in [5.74, 6) is 0. The van der Waals surface area contributed by atoms with Gasteiger partial charge in [-0.25, -0.2) is 0 Å². The first-order chi connectivity index (χ1) is 9.83. The molecule has 0 spiro atoms.